The lowest BCUT2D eigenvalue weighted by Gasteiger charge is -2.17. The fraction of sp³-hybridized carbons (Fsp3) is 1.00. The average molecular weight is 288 g/mol. The monoisotopic (exact) mass is 288 g/mol. The molecule has 0 aromatic carbocycles. The van der Waals surface area contributed by atoms with E-state index >= 15 is 0 Å². The molecule has 0 radical (unpaired) electrons. The maximum absolute atomic E-state index is 9.84. The summed E-state index contributed by atoms with van der Waals surface area (Å²) in [5.74, 6) is -0.480. The second-order valence-corrected chi connectivity index (χ2v) is 6.17. The fourth-order valence-corrected chi connectivity index (χ4v) is 2.41. The smallest absolute Gasteiger partial charge is 0.163 e. The third-order valence-electron chi connectivity index (χ3n) is 3.61. The van der Waals surface area contributed by atoms with Crippen molar-refractivity contribution in [3.05, 3.63) is 0 Å². The van der Waals surface area contributed by atoms with E-state index < -0.39 is 5.79 Å². The lowest BCUT2D eigenvalue weighted by molar-refractivity contribution is -0.145. The Labute approximate surface area is 123 Å². The molecule has 1 saturated heterocycles. The highest BCUT2D eigenvalue weighted by Crippen LogP contribution is 2.22. The van der Waals surface area contributed by atoms with Crippen LogP contribution in [0, 0.1) is 0 Å². The molecule has 2 atom stereocenters. The van der Waals surface area contributed by atoms with E-state index in [-0.39, 0.29) is 12.2 Å². The third-order valence-corrected chi connectivity index (χ3v) is 3.61. The van der Waals surface area contributed by atoms with Crippen LogP contribution in [0.3, 0.4) is 0 Å². The van der Waals surface area contributed by atoms with Gasteiger partial charge in [-0.05, 0) is 26.7 Å². The maximum Gasteiger partial charge on any atom is 0.163 e. The predicted molar refractivity (Wildman–Crippen MR) is 79.7 cm³/mol. The van der Waals surface area contributed by atoms with Crippen molar-refractivity contribution in [1.82, 2.24) is 0 Å². The van der Waals surface area contributed by atoms with Crippen LogP contribution in [0.15, 0.2) is 0 Å². The van der Waals surface area contributed by atoms with Crippen LogP contribution in [0.5, 0.6) is 0 Å². The zero-order chi connectivity index (χ0) is 14.8. The van der Waals surface area contributed by atoms with E-state index in [1.54, 1.807) is 0 Å². The molecule has 0 amide bonds. The molecule has 1 aliphatic heterocycles. The van der Waals surface area contributed by atoms with Crippen molar-refractivity contribution < 1.29 is 19.3 Å². The van der Waals surface area contributed by atoms with E-state index in [2.05, 4.69) is 6.92 Å². The Kier molecular flexibility index (Phi) is 8.69. The Morgan fingerprint density at radius 2 is 1.95 bits per heavy atom. The van der Waals surface area contributed by atoms with Crippen molar-refractivity contribution in [3.63, 3.8) is 0 Å². The minimum atomic E-state index is -0.480. The molecule has 20 heavy (non-hydrogen) atoms. The molecule has 0 aliphatic carbocycles. The molecular weight excluding hydrogens is 256 g/mol. The van der Waals surface area contributed by atoms with Gasteiger partial charge >= 0.3 is 0 Å². The van der Waals surface area contributed by atoms with Crippen LogP contribution in [-0.4, -0.2) is 42.9 Å². The summed E-state index contributed by atoms with van der Waals surface area (Å²) in [7, 11) is 0. The van der Waals surface area contributed by atoms with Crippen LogP contribution in [0.4, 0.5) is 0 Å². The first-order valence-corrected chi connectivity index (χ1v) is 8.11. The Hall–Kier alpha value is -0.160. The summed E-state index contributed by atoms with van der Waals surface area (Å²) in [6.45, 7) is 7.77. The number of rotatable bonds is 11. The Balaban J connectivity index is 1.90. The molecular formula is C16H32O4. The highest BCUT2D eigenvalue weighted by Gasteiger charge is 2.32. The van der Waals surface area contributed by atoms with E-state index in [0.717, 1.165) is 12.8 Å². The van der Waals surface area contributed by atoms with Gasteiger partial charge in [-0.1, -0.05) is 39.0 Å². The fourth-order valence-electron chi connectivity index (χ4n) is 2.41. The quantitative estimate of drug-likeness (QED) is 0.593. The van der Waals surface area contributed by atoms with Crippen LogP contribution >= 0.6 is 0 Å². The van der Waals surface area contributed by atoms with Gasteiger partial charge in [0.2, 0.25) is 0 Å². The Morgan fingerprint density at radius 3 is 2.60 bits per heavy atom. The predicted octanol–water partition coefficient (Wildman–Crippen LogP) is 3.27. The third kappa shape index (κ3) is 8.20. The largest absolute Gasteiger partial charge is 0.393 e. The highest BCUT2D eigenvalue weighted by atomic mass is 16.7. The number of hydrogen-bond acceptors (Lipinski definition) is 4. The first-order chi connectivity index (χ1) is 9.53. The zero-order valence-electron chi connectivity index (χ0n) is 13.4. The van der Waals surface area contributed by atoms with Gasteiger partial charge < -0.3 is 19.3 Å². The molecule has 4 nitrogen and oxygen atoms in total. The molecule has 1 N–H and O–H groups in total. The lowest BCUT2D eigenvalue weighted by atomic mass is 10.1. The second kappa shape index (κ2) is 9.72. The zero-order valence-corrected chi connectivity index (χ0v) is 13.4. The van der Waals surface area contributed by atoms with Gasteiger partial charge in [0, 0.05) is 6.61 Å². The minimum absolute atomic E-state index is 0.0242. The van der Waals surface area contributed by atoms with Crippen LogP contribution in [0.2, 0.25) is 0 Å². The molecule has 0 aromatic rings. The second-order valence-electron chi connectivity index (χ2n) is 6.17. The van der Waals surface area contributed by atoms with Crippen molar-refractivity contribution in [3.8, 4) is 0 Å². The van der Waals surface area contributed by atoms with Gasteiger partial charge in [-0.2, -0.15) is 0 Å². The molecule has 1 heterocycles. The van der Waals surface area contributed by atoms with E-state index in [9.17, 15) is 5.11 Å². The van der Waals surface area contributed by atoms with Gasteiger partial charge in [0.25, 0.3) is 0 Å². The van der Waals surface area contributed by atoms with Gasteiger partial charge in [-0.15, -0.1) is 0 Å². The SMILES string of the molecule is CCCCCCCC(O)CCOCC1COC(C)(C)O1. The molecule has 0 bridgehead atoms. The van der Waals surface area contributed by atoms with Crippen LogP contribution in [0.1, 0.15) is 65.7 Å². The minimum Gasteiger partial charge on any atom is -0.393 e. The van der Waals surface area contributed by atoms with Crippen molar-refractivity contribution in [2.45, 2.75) is 83.7 Å². The van der Waals surface area contributed by atoms with Gasteiger partial charge in [-0.25, -0.2) is 0 Å². The number of aliphatic hydroxyl groups excluding tert-OH is 1. The van der Waals surface area contributed by atoms with E-state index in [1.165, 1.54) is 25.7 Å². The topological polar surface area (TPSA) is 47.9 Å². The molecule has 1 rings (SSSR count). The Morgan fingerprint density at radius 1 is 1.20 bits per heavy atom. The molecule has 2 unspecified atom stereocenters. The normalized spacial score (nSPS) is 23.1. The molecule has 120 valence electrons. The first-order valence-electron chi connectivity index (χ1n) is 8.11. The summed E-state index contributed by atoms with van der Waals surface area (Å²) >= 11 is 0. The number of ether oxygens (including phenoxy) is 3. The van der Waals surface area contributed by atoms with Gasteiger partial charge in [-0.3, -0.25) is 0 Å². The average Bonchev–Trinajstić information content (AvgIpc) is 2.74. The summed E-state index contributed by atoms with van der Waals surface area (Å²) < 4.78 is 16.7. The maximum atomic E-state index is 9.84. The molecule has 0 aromatic heterocycles. The highest BCUT2D eigenvalue weighted by molar-refractivity contribution is 4.70. The van der Waals surface area contributed by atoms with Crippen molar-refractivity contribution in [1.29, 1.82) is 0 Å². The molecule has 4 heteroatoms. The van der Waals surface area contributed by atoms with Gasteiger partial charge in [0.15, 0.2) is 5.79 Å². The Bertz CT molecular complexity index is 243. The van der Waals surface area contributed by atoms with Crippen molar-refractivity contribution >= 4 is 0 Å². The van der Waals surface area contributed by atoms with E-state index in [1.807, 2.05) is 13.8 Å². The van der Waals surface area contributed by atoms with Crippen LogP contribution in [0.25, 0.3) is 0 Å². The molecule has 1 fully saturated rings. The summed E-state index contributed by atoms with van der Waals surface area (Å²) in [6.07, 6.45) is 7.61. The first kappa shape index (κ1) is 17.9. The summed E-state index contributed by atoms with van der Waals surface area (Å²) in [6, 6.07) is 0. The number of aliphatic hydroxyl groups is 1. The lowest BCUT2D eigenvalue weighted by Crippen LogP contribution is -2.24. The van der Waals surface area contributed by atoms with E-state index in [4.69, 9.17) is 14.2 Å². The summed E-state index contributed by atoms with van der Waals surface area (Å²) in [4.78, 5) is 0. The van der Waals surface area contributed by atoms with Crippen LogP contribution < -0.4 is 0 Å². The molecule has 0 saturated carbocycles. The van der Waals surface area contributed by atoms with Gasteiger partial charge in [0.05, 0.1) is 19.3 Å². The number of unbranched alkanes of at least 4 members (excludes halogenated alkanes) is 4. The number of hydrogen-bond donors (Lipinski definition) is 1. The van der Waals surface area contributed by atoms with E-state index in [0.29, 0.717) is 26.2 Å². The van der Waals surface area contributed by atoms with Crippen LogP contribution in [-0.2, 0) is 14.2 Å². The molecule has 0 spiro atoms. The molecule has 1 aliphatic rings. The van der Waals surface area contributed by atoms with Gasteiger partial charge in [0.1, 0.15) is 6.10 Å². The standard InChI is InChI=1S/C16H32O4/c1-4-5-6-7-8-9-14(17)10-11-18-12-15-13-19-16(2,3)20-15/h14-15,17H,4-13H2,1-3H3. The summed E-state index contributed by atoms with van der Waals surface area (Å²) in [5.41, 5.74) is 0. The summed E-state index contributed by atoms with van der Waals surface area (Å²) in [5, 5.41) is 9.84. The van der Waals surface area contributed by atoms with Crippen molar-refractivity contribution in [2.24, 2.45) is 0 Å². The van der Waals surface area contributed by atoms with Crippen molar-refractivity contribution in [2.75, 3.05) is 19.8 Å².